The molecule has 0 saturated heterocycles. The van der Waals surface area contributed by atoms with Crippen LogP contribution in [0.3, 0.4) is 0 Å². The Kier molecular flexibility index (Phi) is 5.33. The Morgan fingerprint density at radius 2 is 1.40 bits per heavy atom. The largest absolute Gasteiger partial charge is 0.495 e. The average Bonchev–Trinajstić information content (AvgIpc) is 2.57. The molecule has 0 fully saturated rings. The predicted octanol–water partition coefficient (Wildman–Crippen LogP) is 6.62. The first-order valence-corrected chi connectivity index (χ1v) is 11.7. The summed E-state index contributed by atoms with van der Waals surface area (Å²) in [7, 11) is 1.61. The highest BCUT2D eigenvalue weighted by Gasteiger charge is 2.48. The summed E-state index contributed by atoms with van der Waals surface area (Å²) in [6.45, 7) is 8.35. The van der Waals surface area contributed by atoms with Gasteiger partial charge in [0.25, 0.3) is 0 Å². The molecule has 0 unspecified atom stereocenters. The summed E-state index contributed by atoms with van der Waals surface area (Å²) in [5.41, 5.74) is 1.69. The van der Waals surface area contributed by atoms with Gasteiger partial charge in [-0.1, -0.05) is 43.6 Å². The van der Waals surface area contributed by atoms with Crippen molar-refractivity contribution in [2.45, 2.75) is 59.3 Å². The number of hydrogen-bond donors (Lipinski definition) is 0. The molecule has 0 atom stereocenters. The monoisotopic (exact) mass is 536 g/mol. The van der Waals surface area contributed by atoms with Crippen LogP contribution in [0.25, 0.3) is 0 Å². The molecule has 4 nitrogen and oxygen atoms in total. The van der Waals surface area contributed by atoms with Crippen LogP contribution in [0.4, 0.5) is 0 Å². The first-order valence-electron chi connectivity index (χ1n) is 10.2. The van der Waals surface area contributed by atoms with E-state index in [0.717, 1.165) is 14.5 Å². The van der Waals surface area contributed by atoms with E-state index in [1.165, 1.54) is 0 Å². The lowest BCUT2D eigenvalue weighted by Crippen LogP contribution is -2.37. The number of ether oxygens (including phenoxy) is 2. The Morgan fingerprint density at radius 1 is 0.900 bits per heavy atom. The summed E-state index contributed by atoms with van der Waals surface area (Å²) in [6, 6.07) is 3.86. The third-order valence-electron chi connectivity index (χ3n) is 6.13. The normalized spacial score (nSPS) is 23.2. The fourth-order valence-electron chi connectivity index (χ4n) is 5.00. The smallest absolute Gasteiger partial charge is 0.163 e. The van der Waals surface area contributed by atoms with Crippen LogP contribution in [0.1, 0.15) is 64.9 Å². The molecular weight excluding hydrogens is 512 g/mol. The number of hydrogen-bond acceptors (Lipinski definition) is 4. The molecule has 3 aliphatic rings. The van der Waals surface area contributed by atoms with E-state index in [1.54, 1.807) is 7.11 Å². The van der Waals surface area contributed by atoms with Gasteiger partial charge >= 0.3 is 0 Å². The number of carbonyl (C=O) groups is 2. The van der Waals surface area contributed by atoms with E-state index in [-0.39, 0.29) is 22.4 Å². The van der Waals surface area contributed by atoms with Gasteiger partial charge < -0.3 is 9.47 Å². The van der Waals surface area contributed by atoms with Gasteiger partial charge in [0.1, 0.15) is 17.3 Å². The highest BCUT2D eigenvalue weighted by molar-refractivity contribution is 9.11. The minimum atomic E-state index is -0.473. The SMILES string of the molecule is COc1c(Br)cc(Br)cc1C1C2=C(CC(C)(C)CC2=O)OC2=C1C(=O)CC(C)(C)C2. The predicted molar refractivity (Wildman–Crippen MR) is 122 cm³/mol. The molecule has 0 bridgehead atoms. The van der Waals surface area contributed by atoms with Gasteiger partial charge in [0.15, 0.2) is 11.6 Å². The summed E-state index contributed by atoms with van der Waals surface area (Å²) in [6.07, 6.45) is 2.22. The van der Waals surface area contributed by atoms with Crippen LogP contribution >= 0.6 is 31.9 Å². The minimum Gasteiger partial charge on any atom is -0.495 e. The molecule has 6 heteroatoms. The quantitative estimate of drug-likeness (QED) is 0.425. The van der Waals surface area contributed by atoms with Gasteiger partial charge in [0.2, 0.25) is 0 Å². The van der Waals surface area contributed by atoms with Gasteiger partial charge in [0, 0.05) is 46.9 Å². The summed E-state index contributed by atoms with van der Waals surface area (Å²) in [5.74, 6) is 1.69. The average molecular weight is 538 g/mol. The van der Waals surface area contributed by atoms with Gasteiger partial charge in [-0.3, -0.25) is 9.59 Å². The number of rotatable bonds is 2. The third-order valence-corrected chi connectivity index (χ3v) is 7.18. The van der Waals surface area contributed by atoms with E-state index in [2.05, 4.69) is 59.6 Å². The number of allylic oxidation sites excluding steroid dienone is 4. The first kappa shape index (κ1) is 21.8. The van der Waals surface area contributed by atoms with E-state index >= 15 is 0 Å². The van der Waals surface area contributed by atoms with Gasteiger partial charge in [-0.25, -0.2) is 0 Å². The summed E-state index contributed by atoms with van der Waals surface area (Å²) < 4.78 is 13.7. The molecule has 0 amide bonds. The fraction of sp³-hybridized carbons (Fsp3) is 0.500. The fourth-order valence-corrected chi connectivity index (χ4v) is 6.42. The van der Waals surface area contributed by atoms with Gasteiger partial charge in [-0.2, -0.15) is 0 Å². The molecule has 0 radical (unpaired) electrons. The zero-order chi connectivity index (χ0) is 22.0. The van der Waals surface area contributed by atoms with Crippen molar-refractivity contribution in [1.82, 2.24) is 0 Å². The molecule has 1 aliphatic heterocycles. The molecule has 0 spiro atoms. The van der Waals surface area contributed by atoms with E-state index < -0.39 is 5.92 Å². The van der Waals surface area contributed by atoms with Crippen molar-refractivity contribution in [2.75, 3.05) is 7.11 Å². The Labute approximate surface area is 194 Å². The lowest BCUT2D eigenvalue weighted by molar-refractivity contribution is -0.120. The maximum Gasteiger partial charge on any atom is 0.163 e. The first-order chi connectivity index (χ1) is 13.9. The molecule has 0 saturated carbocycles. The second-order valence-corrected chi connectivity index (χ2v) is 11.9. The van der Waals surface area contributed by atoms with Crippen LogP contribution < -0.4 is 4.74 Å². The van der Waals surface area contributed by atoms with E-state index in [9.17, 15) is 9.59 Å². The van der Waals surface area contributed by atoms with E-state index in [4.69, 9.17) is 9.47 Å². The highest BCUT2D eigenvalue weighted by atomic mass is 79.9. The van der Waals surface area contributed by atoms with Crippen molar-refractivity contribution in [2.24, 2.45) is 10.8 Å². The lowest BCUT2D eigenvalue weighted by Gasteiger charge is -2.43. The third kappa shape index (κ3) is 3.70. The molecule has 160 valence electrons. The molecular formula is C24H26Br2O4. The van der Waals surface area contributed by atoms with Crippen LogP contribution in [0.15, 0.2) is 43.7 Å². The Morgan fingerprint density at radius 3 is 1.87 bits per heavy atom. The molecule has 0 aromatic heterocycles. The lowest BCUT2D eigenvalue weighted by atomic mass is 9.65. The standard InChI is InChI=1S/C24H26Br2O4/c1-23(2)8-15(27)20-17(10-23)30-18-11-24(3,4)9-16(28)21(18)19(20)13-6-12(25)7-14(26)22(13)29-5/h6-7,19H,8-11H2,1-5H3. The Hall–Kier alpha value is -1.40. The summed E-state index contributed by atoms with van der Waals surface area (Å²) in [4.78, 5) is 26.7. The van der Waals surface area contributed by atoms with Crippen molar-refractivity contribution in [3.63, 3.8) is 0 Å². The highest BCUT2D eigenvalue weighted by Crippen LogP contribution is 2.55. The Bertz CT molecular complexity index is 978. The number of methoxy groups -OCH3 is 1. The van der Waals surface area contributed by atoms with Crippen molar-refractivity contribution in [3.8, 4) is 5.75 Å². The number of benzene rings is 1. The summed E-state index contributed by atoms with van der Waals surface area (Å²) in [5, 5.41) is 0. The van der Waals surface area contributed by atoms with Crippen molar-refractivity contribution in [1.29, 1.82) is 0 Å². The van der Waals surface area contributed by atoms with Crippen LogP contribution in [0.2, 0.25) is 0 Å². The number of carbonyl (C=O) groups excluding carboxylic acids is 2. The van der Waals surface area contributed by atoms with Crippen molar-refractivity contribution >= 4 is 43.4 Å². The van der Waals surface area contributed by atoms with E-state index in [1.807, 2.05) is 12.1 Å². The summed E-state index contributed by atoms with van der Waals surface area (Å²) >= 11 is 7.15. The molecule has 1 aromatic rings. The second-order valence-electron chi connectivity index (χ2n) is 10.1. The van der Waals surface area contributed by atoms with Gasteiger partial charge in [0.05, 0.1) is 17.5 Å². The van der Waals surface area contributed by atoms with Crippen LogP contribution in [0.5, 0.6) is 5.75 Å². The zero-order valence-corrected chi connectivity index (χ0v) is 21.1. The van der Waals surface area contributed by atoms with Crippen LogP contribution in [-0.4, -0.2) is 18.7 Å². The molecule has 1 aromatic carbocycles. The van der Waals surface area contributed by atoms with E-state index in [0.29, 0.717) is 54.1 Å². The zero-order valence-electron chi connectivity index (χ0n) is 17.9. The molecule has 2 aliphatic carbocycles. The number of ketones is 2. The molecule has 0 N–H and O–H groups in total. The molecule has 4 rings (SSSR count). The van der Waals surface area contributed by atoms with Crippen molar-refractivity contribution in [3.05, 3.63) is 49.3 Å². The van der Waals surface area contributed by atoms with Gasteiger partial charge in [-0.15, -0.1) is 0 Å². The van der Waals surface area contributed by atoms with Gasteiger partial charge in [-0.05, 0) is 38.9 Å². The minimum absolute atomic E-state index is 0.0496. The maximum atomic E-state index is 13.4. The van der Waals surface area contributed by atoms with Crippen LogP contribution in [-0.2, 0) is 14.3 Å². The maximum absolute atomic E-state index is 13.4. The topological polar surface area (TPSA) is 52.6 Å². The Balaban J connectivity index is 2.00. The van der Waals surface area contributed by atoms with Crippen LogP contribution in [0, 0.1) is 10.8 Å². The number of Topliss-reactive ketones (excluding diaryl/α,β-unsaturated/α-hetero) is 2. The molecule has 1 heterocycles. The molecule has 30 heavy (non-hydrogen) atoms. The number of halogens is 2. The van der Waals surface area contributed by atoms with Crippen molar-refractivity contribution < 1.29 is 19.1 Å². The second kappa shape index (κ2) is 7.33.